The molecule has 1 saturated heterocycles. The summed E-state index contributed by atoms with van der Waals surface area (Å²) >= 11 is 0. The number of aliphatic hydroxyl groups is 1. The molecular weight excluding hydrogens is 312 g/mol. The summed E-state index contributed by atoms with van der Waals surface area (Å²) in [7, 11) is 0. The van der Waals surface area contributed by atoms with Crippen molar-refractivity contribution in [2.75, 3.05) is 13.1 Å². The number of carbonyl (C=O) groups excluding carboxylic acids is 1. The molecule has 0 saturated carbocycles. The van der Waals surface area contributed by atoms with Crippen LogP contribution in [0.5, 0.6) is 0 Å². The third kappa shape index (κ3) is 3.85. The normalized spacial score (nSPS) is 16.5. The molecule has 4 nitrogen and oxygen atoms in total. The van der Waals surface area contributed by atoms with E-state index in [0.29, 0.717) is 32.5 Å². The molecular formula is C21H26N2O2. The van der Waals surface area contributed by atoms with Gasteiger partial charge in [-0.25, -0.2) is 4.79 Å². The Kier molecular flexibility index (Phi) is 5.09. The topological polar surface area (TPSA) is 52.6 Å². The summed E-state index contributed by atoms with van der Waals surface area (Å²) < 4.78 is 0. The summed E-state index contributed by atoms with van der Waals surface area (Å²) in [6, 6.07) is 15.9. The predicted octanol–water partition coefficient (Wildman–Crippen LogP) is 3.50. The first-order valence-corrected chi connectivity index (χ1v) is 8.85. The average Bonchev–Trinajstić information content (AvgIpc) is 2.63. The van der Waals surface area contributed by atoms with Gasteiger partial charge in [0.05, 0.1) is 5.60 Å². The number of nitrogens with one attached hydrogen (secondary N) is 1. The summed E-state index contributed by atoms with van der Waals surface area (Å²) in [4.78, 5) is 14.2. The second-order valence-corrected chi connectivity index (χ2v) is 6.91. The van der Waals surface area contributed by atoms with Crippen molar-refractivity contribution in [3.63, 3.8) is 0 Å². The highest BCUT2D eigenvalue weighted by Crippen LogP contribution is 2.35. The number of piperidine rings is 1. The van der Waals surface area contributed by atoms with Crippen molar-refractivity contribution < 1.29 is 9.90 Å². The summed E-state index contributed by atoms with van der Waals surface area (Å²) in [5.74, 6) is 0. The molecule has 0 radical (unpaired) electrons. The van der Waals surface area contributed by atoms with Crippen LogP contribution in [0.25, 0.3) is 0 Å². The minimum Gasteiger partial charge on any atom is -0.385 e. The van der Waals surface area contributed by atoms with Gasteiger partial charge in [-0.2, -0.15) is 0 Å². The number of hydrogen-bond acceptors (Lipinski definition) is 2. The van der Waals surface area contributed by atoms with Gasteiger partial charge in [0.2, 0.25) is 0 Å². The lowest BCUT2D eigenvalue weighted by Gasteiger charge is -2.39. The Morgan fingerprint density at radius 2 is 1.76 bits per heavy atom. The van der Waals surface area contributed by atoms with Gasteiger partial charge in [-0.05, 0) is 48.9 Å². The summed E-state index contributed by atoms with van der Waals surface area (Å²) in [6.45, 7) is 5.77. The number of aryl methyl sites for hydroxylation is 1. The number of amides is 2. The van der Waals surface area contributed by atoms with Gasteiger partial charge in [-0.15, -0.1) is 0 Å². The van der Waals surface area contributed by atoms with Crippen molar-refractivity contribution in [3.8, 4) is 0 Å². The second kappa shape index (κ2) is 7.28. The van der Waals surface area contributed by atoms with E-state index in [9.17, 15) is 9.90 Å². The SMILES string of the molecule is Cc1cccc(C2(O)CCN(C(=O)NCc3ccccc3)CC2)c1C. The molecule has 2 N–H and O–H groups in total. The molecule has 2 aromatic rings. The number of hydrogen-bond donors (Lipinski definition) is 2. The van der Waals surface area contributed by atoms with Crippen LogP contribution in [0.1, 0.15) is 35.1 Å². The minimum absolute atomic E-state index is 0.0631. The number of rotatable bonds is 3. The van der Waals surface area contributed by atoms with Crippen LogP contribution in [0.2, 0.25) is 0 Å². The lowest BCUT2D eigenvalue weighted by atomic mass is 9.81. The highest BCUT2D eigenvalue weighted by atomic mass is 16.3. The van der Waals surface area contributed by atoms with Crippen molar-refractivity contribution in [2.24, 2.45) is 0 Å². The van der Waals surface area contributed by atoms with E-state index in [-0.39, 0.29) is 6.03 Å². The van der Waals surface area contributed by atoms with Crippen LogP contribution in [-0.4, -0.2) is 29.1 Å². The Morgan fingerprint density at radius 3 is 2.44 bits per heavy atom. The second-order valence-electron chi connectivity index (χ2n) is 6.91. The predicted molar refractivity (Wildman–Crippen MR) is 99.3 cm³/mol. The molecule has 25 heavy (non-hydrogen) atoms. The lowest BCUT2D eigenvalue weighted by Crippen LogP contribution is -2.48. The van der Waals surface area contributed by atoms with Crippen LogP contribution in [0.3, 0.4) is 0 Å². The van der Waals surface area contributed by atoms with Crippen molar-refractivity contribution in [1.29, 1.82) is 0 Å². The van der Waals surface area contributed by atoms with E-state index in [1.807, 2.05) is 42.5 Å². The van der Waals surface area contributed by atoms with Crippen LogP contribution in [0.15, 0.2) is 48.5 Å². The summed E-state index contributed by atoms with van der Waals surface area (Å²) in [6.07, 6.45) is 1.13. The van der Waals surface area contributed by atoms with Crippen LogP contribution < -0.4 is 5.32 Å². The van der Waals surface area contributed by atoms with Gasteiger partial charge < -0.3 is 15.3 Å². The number of urea groups is 1. The third-order valence-electron chi connectivity index (χ3n) is 5.27. The number of likely N-dealkylation sites (tertiary alicyclic amines) is 1. The van der Waals surface area contributed by atoms with Crippen molar-refractivity contribution in [1.82, 2.24) is 10.2 Å². The van der Waals surface area contributed by atoms with Crippen molar-refractivity contribution in [2.45, 2.75) is 38.8 Å². The molecule has 1 aliphatic rings. The van der Waals surface area contributed by atoms with E-state index in [4.69, 9.17) is 0 Å². The van der Waals surface area contributed by atoms with Crippen LogP contribution in [0, 0.1) is 13.8 Å². The first-order valence-electron chi connectivity index (χ1n) is 8.85. The maximum absolute atomic E-state index is 12.4. The smallest absolute Gasteiger partial charge is 0.317 e. The number of benzene rings is 2. The van der Waals surface area contributed by atoms with Gasteiger partial charge in [0, 0.05) is 19.6 Å². The Bertz CT molecular complexity index is 735. The van der Waals surface area contributed by atoms with Crippen molar-refractivity contribution >= 4 is 6.03 Å². The first-order chi connectivity index (χ1) is 12.0. The molecule has 4 heteroatoms. The quantitative estimate of drug-likeness (QED) is 0.900. The molecule has 2 amide bonds. The standard InChI is InChI=1S/C21H26N2O2/c1-16-7-6-10-19(17(16)2)21(25)11-13-23(14-12-21)20(24)22-15-18-8-4-3-5-9-18/h3-10,25H,11-15H2,1-2H3,(H,22,24). The fourth-order valence-electron chi connectivity index (χ4n) is 3.49. The highest BCUT2D eigenvalue weighted by molar-refractivity contribution is 5.74. The molecule has 1 aliphatic heterocycles. The summed E-state index contributed by atoms with van der Waals surface area (Å²) in [5.41, 5.74) is 3.57. The van der Waals surface area contributed by atoms with Crippen LogP contribution in [-0.2, 0) is 12.1 Å². The highest BCUT2D eigenvalue weighted by Gasteiger charge is 2.36. The van der Waals surface area contributed by atoms with Gasteiger partial charge in [0.1, 0.15) is 0 Å². The van der Waals surface area contributed by atoms with Gasteiger partial charge in [-0.1, -0.05) is 48.5 Å². The molecule has 0 aliphatic carbocycles. The largest absolute Gasteiger partial charge is 0.385 e. The molecule has 0 atom stereocenters. The zero-order valence-electron chi connectivity index (χ0n) is 15.0. The van der Waals surface area contributed by atoms with Gasteiger partial charge in [-0.3, -0.25) is 0 Å². The third-order valence-corrected chi connectivity index (χ3v) is 5.27. The van der Waals surface area contributed by atoms with Crippen LogP contribution in [0.4, 0.5) is 4.79 Å². The fraction of sp³-hybridized carbons (Fsp3) is 0.381. The Labute approximate surface area is 149 Å². The van der Waals surface area contributed by atoms with Crippen LogP contribution >= 0.6 is 0 Å². The average molecular weight is 338 g/mol. The monoisotopic (exact) mass is 338 g/mol. The van der Waals surface area contributed by atoms with E-state index in [2.05, 4.69) is 25.2 Å². The van der Waals surface area contributed by atoms with Gasteiger partial charge in [0.25, 0.3) is 0 Å². The first kappa shape index (κ1) is 17.5. The molecule has 0 unspecified atom stereocenters. The lowest BCUT2D eigenvalue weighted by molar-refractivity contribution is -0.0173. The number of carbonyl (C=O) groups is 1. The number of nitrogens with zero attached hydrogens (tertiary/aromatic N) is 1. The zero-order valence-corrected chi connectivity index (χ0v) is 15.0. The van der Waals surface area contributed by atoms with E-state index >= 15 is 0 Å². The zero-order chi connectivity index (χ0) is 17.9. The van der Waals surface area contributed by atoms with Crippen molar-refractivity contribution in [3.05, 3.63) is 70.8 Å². The van der Waals surface area contributed by atoms with E-state index in [1.165, 1.54) is 5.56 Å². The molecule has 0 bridgehead atoms. The molecule has 1 fully saturated rings. The molecule has 0 spiro atoms. The molecule has 132 valence electrons. The molecule has 2 aromatic carbocycles. The molecule has 3 rings (SSSR count). The molecule has 0 aromatic heterocycles. The Balaban J connectivity index is 1.59. The van der Waals surface area contributed by atoms with Gasteiger partial charge in [0.15, 0.2) is 0 Å². The Morgan fingerprint density at radius 1 is 1.08 bits per heavy atom. The minimum atomic E-state index is -0.841. The Hall–Kier alpha value is -2.33. The summed E-state index contributed by atoms with van der Waals surface area (Å²) in [5, 5.41) is 14.1. The molecule has 1 heterocycles. The maximum atomic E-state index is 12.4. The fourth-order valence-corrected chi connectivity index (χ4v) is 3.49. The maximum Gasteiger partial charge on any atom is 0.317 e. The van der Waals surface area contributed by atoms with E-state index in [0.717, 1.165) is 16.7 Å². The van der Waals surface area contributed by atoms with Gasteiger partial charge >= 0.3 is 6.03 Å². The van der Waals surface area contributed by atoms with E-state index in [1.54, 1.807) is 4.90 Å². The van der Waals surface area contributed by atoms with E-state index < -0.39 is 5.60 Å².